The van der Waals surface area contributed by atoms with Gasteiger partial charge in [-0.15, -0.1) is 0 Å². The van der Waals surface area contributed by atoms with Gasteiger partial charge in [-0.25, -0.2) is 0 Å². The van der Waals surface area contributed by atoms with Crippen molar-refractivity contribution < 1.29 is 9.47 Å². The topological polar surface area (TPSA) is 54.9 Å². The first-order chi connectivity index (χ1) is 12.2. The first-order valence-corrected chi connectivity index (χ1v) is 8.15. The fourth-order valence-corrected chi connectivity index (χ4v) is 2.10. The summed E-state index contributed by atoms with van der Waals surface area (Å²) < 4.78 is 10.6. The Morgan fingerprint density at radius 1 is 1.20 bits per heavy atom. The molecular weight excluding hydrogens is 334 g/mol. The molecule has 0 saturated heterocycles. The van der Waals surface area contributed by atoms with Gasteiger partial charge in [0.25, 0.3) is 0 Å². The molecular formula is C19H21N3O2S. The average molecular weight is 355 g/mol. The maximum Gasteiger partial charge on any atom is 0.187 e. The van der Waals surface area contributed by atoms with Crippen LogP contribution in [0.15, 0.2) is 66.3 Å². The quantitative estimate of drug-likeness (QED) is 0.329. The largest absolute Gasteiger partial charge is 0.497 e. The van der Waals surface area contributed by atoms with Crippen LogP contribution in [0.3, 0.4) is 0 Å². The van der Waals surface area contributed by atoms with Gasteiger partial charge in [0.05, 0.1) is 13.3 Å². The van der Waals surface area contributed by atoms with Crippen LogP contribution in [0.25, 0.3) is 0 Å². The number of benzene rings is 2. The van der Waals surface area contributed by atoms with Crippen molar-refractivity contribution in [3.05, 3.63) is 72.3 Å². The van der Waals surface area contributed by atoms with Gasteiger partial charge in [0.2, 0.25) is 0 Å². The summed E-state index contributed by atoms with van der Waals surface area (Å²) in [4.78, 5) is 0. The van der Waals surface area contributed by atoms with Crippen molar-refractivity contribution in [2.24, 2.45) is 5.10 Å². The fraction of sp³-hybridized carbons (Fsp3) is 0.158. The van der Waals surface area contributed by atoms with Crippen LogP contribution < -0.4 is 20.2 Å². The molecule has 0 aliphatic carbocycles. The molecule has 0 radical (unpaired) electrons. The molecule has 5 nitrogen and oxygen atoms in total. The van der Waals surface area contributed by atoms with Crippen molar-refractivity contribution in [1.82, 2.24) is 10.7 Å². The molecule has 0 aromatic heterocycles. The zero-order valence-electron chi connectivity index (χ0n) is 14.1. The molecule has 130 valence electrons. The van der Waals surface area contributed by atoms with Gasteiger partial charge in [-0.1, -0.05) is 36.9 Å². The normalized spacial score (nSPS) is 10.3. The summed E-state index contributed by atoms with van der Waals surface area (Å²) in [7, 11) is 1.64. The number of methoxy groups -OCH3 is 1. The summed E-state index contributed by atoms with van der Waals surface area (Å²) in [6.07, 6.45) is 3.39. The van der Waals surface area contributed by atoms with E-state index >= 15 is 0 Å². The minimum Gasteiger partial charge on any atom is -0.497 e. The smallest absolute Gasteiger partial charge is 0.187 e. The van der Waals surface area contributed by atoms with Crippen molar-refractivity contribution in [3.8, 4) is 11.5 Å². The van der Waals surface area contributed by atoms with E-state index in [0.717, 1.165) is 22.6 Å². The van der Waals surface area contributed by atoms with Crippen molar-refractivity contribution in [2.45, 2.75) is 6.54 Å². The second kappa shape index (κ2) is 10.1. The van der Waals surface area contributed by atoms with Crippen LogP contribution in [-0.4, -0.2) is 25.0 Å². The van der Waals surface area contributed by atoms with Gasteiger partial charge in [-0.05, 0) is 47.6 Å². The highest BCUT2D eigenvalue weighted by Crippen LogP contribution is 2.12. The molecule has 0 aliphatic heterocycles. The molecule has 0 spiro atoms. The molecule has 0 bridgehead atoms. The van der Waals surface area contributed by atoms with Gasteiger partial charge in [-0.2, -0.15) is 5.10 Å². The predicted octanol–water partition coefficient (Wildman–Crippen LogP) is 3.26. The molecule has 0 aliphatic rings. The number of hydrazone groups is 1. The minimum atomic E-state index is 0.450. The molecule has 2 aromatic carbocycles. The van der Waals surface area contributed by atoms with Crippen LogP contribution in [0, 0.1) is 0 Å². The third kappa shape index (κ3) is 6.64. The summed E-state index contributed by atoms with van der Waals surface area (Å²) in [6.45, 7) is 4.70. The van der Waals surface area contributed by atoms with Gasteiger partial charge < -0.3 is 14.8 Å². The van der Waals surface area contributed by atoms with Gasteiger partial charge >= 0.3 is 0 Å². The van der Waals surface area contributed by atoms with E-state index in [9.17, 15) is 0 Å². The fourth-order valence-electron chi connectivity index (χ4n) is 1.97. The number of nitrogens with one attached hydrogen (secondary N) is 2. The lowest BCUT2D eigenvalue weighted by Gasteiger charge is -2.08. The molecule has 25 heavy (non-hydrogen) atoms. The van der Waals surface area contributed by atoms with E-state index in [-0.39, 0.29) is 0 Å². The maximum atomic E-state index is 5.48. The highest BCUT2D eigenvalue weighted by molar-refractivity contribution is 7.80. The summed E-state index contributed by atoms with van der Waals surface area (Å²) >= 11 is 5.20. The SMILES string of the molecule is C=CCOc1cccc(/C=N\NC(=S)NCc2ccc(OC)cc2)c1. The van der Waals surface area contributed by atoms with Crippen LogP contribution >= 0.6 is 12.2 Å². The zero-order chi connectivity index (χ0) is 17.9. The summed E-state index contributed by atoms with van der Waals surface area (Å²) in [5.74, 6) is 1.59. The Balaban J connectivity index is 1.78. The monoisotopic (exact) mass is 355 g/mol. The summed E-state index contributed by atoms with van der Waals surface area (Å²) in [6, 6.07) is 15.4. The Hall–Kier alpha value is -2.86. The molecule has 0 fully saturated rings. The Morgan fingerprint density at radius 3 is 2.72 bits per heavy atom. The Morgan fingerprint density at radius 2 is 2.00 bits per heavy atom. The Kier molecular flexibility index (Phi) is 7.46. The Bertz CT molecular complexity index is 730. The lowest BCUT2D eigenvalue weighted by atomic mass is 10.2. The number of hydrogen-bond acceptors (Lipinski definition) is 4. The molecule has 6 heteroatoms. The van der Waals surface area contributed by atoms with E-state index in [0.29, 0.717) is 18.3 Å². The number of rotatable bonds is 8. The number of hydrogen-bond donors (Lipinski definition) is 2. The van der Waals surface area contributed by atoms with Gasteiger partial charge in [-0.3, -0.25) is 5.43 Å². The average Bonchev–Trinajstić information content (AvgIpc) is 2.65. The van der Waals surface area contributed by atoms with Crippen molar-refractivity contribution >= 4 is 23.5 Å². The third-order valence-corrected chi connectivity index (χ3v) is 3.45. The van der Waals surface area contributed by atoms with Crippen molar-refractivity contribution in [3.63, 3.8) is 0 Å². The number of ether oxygens (including phenoxy) is 2. The first-order valence-electron chi connectivity index (χ1n) is 7.75. The summed E-state index contributed by atoms with van der Waals surface area (Å²) in [5, 5.41) is 7.67. The van der Waals surface area contributed by atoms with E-state index < -0.39 is 0 Å². The molecule has 2 rings (SSSR count). The molecule has 2 N–H and O–H groups in total. The maximum absolute atomic E-state index is 5.48. The minimum absolute atomic E-state index is 0.450. The second-order valence-corrected chi connectivity index (χ2v) is 5.48. The van der Waals surface area contributed by atoms with E-state index in [1.165, 1.54) is 0 Å². The third-order valence-electron chi connectivity index (χ3n) is 3.22. The van der Waals surface area contributed by atoms with E-state index in [4.69, 9.17) is 21.7 Å². The van der Waals surface area contributed by atoms with Crippen LogP contribution in [0.2, 0.25) is 0 Å². The van der Waals surface area contributed by atoms with E-state index in [1.807, 2.05) is 48.5 Å². The second-order valence-electron chi connectivity index (χ2n) is 5.07. The molecule has 0 unspecified atom stereocenters. The lowest BCUT2D eigenvalue weighted by molar-refractivity contribution is 0.363. The highest BCUT2D eigenvalue weighted by atomic mass is 32.1. The highest BCUT2D eigenvalue weighted by Gasteiger charge is 1.97. The van der Waals surface area contributed by atoms with Crippen molar-refractivity contribution in [2.75, 3.05) is 13.7 Å². The Labute approximate surface area is 153 Å². The summed E-state index contributed by atoms with van der Waals surface area (Å²) in [5.41, 5.74) is 4.80. The first kappa shape index (κ1) is 18.5. The molecule has 0 saturated carbocycles. The molecule has 0 heterocycles. The van der Waals surface area contributed by atoms with Gasteiger partial charge in [0, 0.05) is 6.54 Å². The molecule has 0 amide bonds. The number of nitrogens with zero attached hydrogens (tertiary/aromatic N) is 1. The van der Waals surface area contributed by atoms with Crippen LogP contribution in [0.5, 0.6) is 11.5 Å². The van der Waals surface area contributed by atoms with Crippen molar-refractivity contribution in [1.29, 1.82) is 0 Å². The number of thiocarbonyl (C=S) groups is 1. The lowest BCUT2D eigenvalue weighted by Crippen LogP contribution is -2.31. The molecule has 2 aromatic rings. The molecule has 0 atom stereocenters. The van der Waals surface area contributed by atoms with Crippen LogP contribution in [0.1, 0.15) is 11.1 Å². The van der Waals surface area contributed by atoms with Gasteiger partial charge in [0.1, 0.15) is 18.1 Å². The zero-order valence-corrected chi connectivity index (χ0v) is 14.9. The van der Waals surface area contributed by atoms with E-state index in [2.05, 4.69) is 22.4 Å². The van der Waals surface area contributed by atoms with E-state index in [1.54, 1.807) is 19.4 Å². The van der Waals surface area contributed by atoms with Crippen LogP contribution in [0.4, 0.5) is 0 Å². The van der Waals surface area contributed by atoms with Gasteiger partial charge in [0.15, 0.2) is 5.11 Å². The van der Waals surface area contributed by atoms with Crippen LogP contribution in [-0.2, 0) is 6.54 Å². The standard InChI is InChI=1S/C19H21N3O2S/c1-3-11-24-18-6-4-5-16(12-18)14-21-22-19(25)20-13-15-7-9-17(23-2)10-8-15/h3-10,12,14H,1,11,13H2,2H3,(H2,20,22,25)/b21-14-. The predicted molar refractivity (Wildman–Crippen MR) is 105 cm³/mol.